The van der Waals surface area contributed by atoms with Gasteiger partial charge in [-0.3, -0.25) is 0 Å². The highest BCUT2D eigenvalue weighted by atomic mass is 127. The summed E-state index contributed by atoms with van der Waals surface area (Å²) >= 11 is 0. The van der Waals surface area contributed by atoms with Crippen LogP contribution in [0.3, 0.4) is 0 Å². The summed E-state index contributed by atoms with van der Waals surface area (Å²) in [6.07, 6.45) is 0. The van der Waals surface area contributed by atoms with Crippen LogP contribution in [0.5, 0.6) is 11.5 Å². The van der Waals surface area contributed by atoms with E-state index in [9.17, 15) is 8.78 Å². The van der Waals surface area contributed by atoms with Gasteiger partial charge in [0.25, 0.3) is 0 Å². The fourth-order valence-electron chi connectivity index (χ4n) is 2.29. The minimum absolute atomic E-state index is 0. The minimum atomic E-state index is -2.93. The molecule has 2 rings (SSSR count). The summed E-state index contributed by atoms with van der Waals surface area (Å²) in [5, 5.41) is 6.23. The number of halogens is 3. The zero-order valence-electron chi connectivity index (χ0n) is 16.2. The first-order valence-electron chi connectivity index (χ1n) is 8.49. The van der Waals surface area contributed by atoms with Gasteiger partial charge in [-0.2, -0.15) is 8.78 Å². The second-order valence-corrected chi connectivity index (χ2v) is 5.66. The van der Waals surface area contributed by atoms with Gasteiger partial charge in [0.2, 0.25) is 5.89 Å². The number of hydrogen-bond donors (Lipinski definition) is 2. The van der Waals surface area contributed by atoms with Gasteiger partial charge >= 0.3 is 6.61 Å². The summed E-state index contributed by atoms with van der Waals surface area (Å²) in [4.78, 5) is 8.75. The molecule has 28 heavy (non-hydrogen) atoms. The molecule has 0 unspecified atom stereocenters. The molecule has 156 valence electrons. The first-order chi connectivity index (χ1) is 12.9. The van der Waals surface area contributed by atoms with E-state index >= 15 is 0 Å². The Morgan fingerprint density at radius 1 is 1.25 bits per heavy atom. The second-order valence-electron chi connectivity index (χ2n) is 5.66. The number of methoxy groups -OCH3 is 1. The predicted octanol–water partition coefficient (Wildman–Crippen LogP) is 3.77. The van der Waals surface area contributed by atoms with E-state index in [-0.39, 0.29) is 42.0 Å². The van der Waals surface area contributed by atoms with E-state index in [4.69, 9.17) is 9.15 Å². The molecule has 1 heterocycles. The molecular formula is C18H25F2IN4O3. The van der Waals surface area contributed by atoms with Gasteiger partial charge < -0.3 is 24.5 Å². The molecule has 0 aliphatic carbocycles. The van der Waals surface area contributed by atoms with Crippen LogP contribution >= 0.6 is 24.0 Å². The van der Waals surface area contributed by atoms with Crippen molar-refractivity contribution in [3.8, 4) is 11.5 Å². The first-order valence-corrected chi connectivity index (χ1v) is 8.49. The smallest absolute Gasteiger partial charge is 0.387 e. The zero-order valence-corrected chi connectivity index (χ0v) is 18.5. The summed E-state index contributed by atoms with van der Waals surface area (Å²) in [5.74, 6) is 2.11. The minimum Gasteiger partial charge on any atom is -0.493 e. The van der Waals surface area contributed by atoms with Gasteiger partial charge in [-0.1, -0.05) is 6.07 Å². The molecule has 7 nitrogen and oxygen atoms in total. The third-order valence-electron chi connectivity index (χ3n) is 3.69. The van der Waals surface area contributed by atoms with Crippen LogP contribution in [0.2, 0.25) is 0 Å². The van der Waals surface area contributed by atoms with E-state index in [1.165, 1.54) is 13.2 Å². The number of aryl methyl sites for hydroxylation is 2. The summed E-state index contributed by atoms with van der Waals surface area (Å²) in [7, 11) is 1.39. The SMILES string of the molecule is CCNC(=NCc1ccc(OC)c(OC(F)F)c1)NCc1nc(C)c(C)o1.I. The highest BCUT2D eigenvalue weighted by molar-refractivity contribution is 14.0. The molecule has 2 aromatic rings. The normalized spacial score (nSPS) is 11.2. The van der Waals surface area contributed by atoms with Crippen LogP contribution in [-0.2, 0) is 13.1 Å². The molecule has 1 aromatic carbocycles. The Labute approximate surface area is 179 Å². The van der Waals surface area contributed by atoms with Crippen molar-refractivity contribution in [2.24, 2.45) is 4.99 Å². The molecule has 0 spiro atoms. The lowest BCUT2D eigenvalue weighted by Gasteiger charge is -2.12. The maximum Gasteiger partial charge on any atom is 0.387 e. The Bertz CT molecular complexity index is 765. The third kappa shape index (κ3) is 7.13. The monoisotopic (exact) mass is 510 g/mol. The van der Waals surface area contributed by atoms with Gasteiger partial charge in [0.15, 0.2) is 17.5 Å². The van der Waals surface area contributed by atoms with Crippen molar-refractivity contribution in [1.29, 1.82) is 0 Å². The van der Waals surface area contributed by atoms with E-state index in [0.717, 1.165) is 11.5 Å². The Morgan fingerprint density at radius 3 is 2.57 bits per heavy atom. The number of guanidine groups is 1. The Hall–Kier alpha value is -2.11. The van der Waals surface area contributed by atoms with Gasteiger partial charge in [0.05, 0.1) is 25.9 Å². The topological polar surface area (TPSA) is 80.9 Å². The van der Waals surface area contributed by atoms with Crippen LogP contribution in [0.25, 0.3) is 0 Å². The summed E-state index contributed by atoms with van der Waals surface area (Å²) in [6, 6.07) is 4.80. The number of hydrogen-bond acceptors (Lipinski definition) is 5. The molecule has 0 aliphatic heterocycles. The molecule has 0 saturated heterocycles. The lowest BCUT2D eigenvalue weighted by molar-refractivity contribution is -0.0512. The maximum atomic E-state index is 12.5. The van der Waals surface area contributed by atoms with E-state index in [2.05, 4.69) is 25.3 Å². The van der Waals surface area contributed by atoms with Gasteiger partial charge in [0.1, 0.15) is 5.76 Å². The Kier molecular flexibility index (Phi) is 9.97. The van der Waals surface area contributed by atoms with E-state index in [1.807, 2.05) is 20.8 Å². The molecule has 10 heteroatoms. The average Bonchev–Trinajstić information content (AvgIpc) is 2.95. The van der Waals surface area contributed by atoms with Crippen LogP contribution in [0.1, 0.15) is 29.8 Å². The number of oxazole rings is 1. The molecule has 1 aromatic heterocycles. The first kappa shape index (κ1) is 23.9. The fraction of sp³-hybridized carbons (Fsp3) is 0.444. The molecule has 0 bridgehead atoms. The van der Waals surface area contributed by atoms with Gasteiger partial charge in [-0.15, -0.1) is 24.0 Å². The summed E-state index contributed by atoms with van der Waals surface area (Å²) in [5.41, 5.74) is 1.55. The third-order valence-corrected chi connectivity index (χ3v) is 3.69. The summed E-state index contributed by atoms with van der Waals surface area (Å²) < 4.78 is 40.1. The van der Waals surface area contributed by atoms with Crippen molar-refractivity contribution in [3.05, 3.63) is 41.1 Å². The van der Waals surface area contributed by atoms with Gasteiger partial charge in [0, 0.05) is 6.54 Å². The van der Waals surface area contributed by atoms with Gasteiger partial charge in [-0.05, 0) is 38.5 Å². The molecule has 0 radical (unpaired) electrons. The second kappa shape index (κ2) is 11.7. The number of alkyl halides is 2. The lowest BCUT2D eigenvalue weighted by Crippen LogP contribution is -2.36. The van der Waals surface area contributed by atoms with Crippen LogP contribution in [-0.4, -0.2) is 31.2 Å². The van der Waals surface area contributed by atoms with Crippen LogP contribution < -0.4 is 20.1 Å². The fourth-order valence-corrected chi connectivity index (χ4v) is 2.29. The molecule has 2 N–H and O–H groups in total. The maximum absolute atomic E-state index is 12.5. The zero-order chi connectivity index (χ0) is 19.8. The van der Waals surface area contributed by atoms with Crippen LogP contribution in [0.4, 0.5) is 8.78 Å². The average molecular weight is 510 g/mol. The molecular weight excluding hydrogens is 485 g/mol. The molecule has 0 fully saturated rings. The van der Waals surface area contributed by atoms with Crippen molar-refractivity contribution in [2.45, 2.75) is 40.5 Å². The van der Waals surface area contributed by atoms with Crippen molar-refractivity contribution < 1.29 is 22.7 Å². The van der Waals surface area contributed by atoms with E-state index in [0.29, 0.717) is 30.5 Å². The number of rotatable bonds is 8. The van der Waals surface area contributed by atoms with Crippen molar-refractivity contribution in [3.63, 3.8) is 0 Å². The predicted molar refractivity (Wildman–Crippen MR) is 113 cm³/mol. The highest BCUT2D eigenvalue weighted by Gasteiger charge is 2.11. The van der Waals surface area contributed by atoms with Gasteiger partial charge in [-0.25, -0.2) is 9.98 Å². The van der Waals surface area contributed by atoms with Crippen molar-refractivity contribution in [1.82, 2.24) is 15.6 Å². The van der Waals surface area contributed by atoms with E-state index < -0.39 is 6.61 Å². The largest absolute Gasteiger partial charge is 0.493 e. The van der Waals surface area contributed by atoms with E-state index in [1.54, 1.807) is 12.1 Å². The molecule has 0 amide bonds. The number of nitrogens with one attached hydrogen (secondary N) is 2. The molecule has 0 atom stereocenters. The number of aromatic nitrogens is 1. The summed E-state index contributed by atoms with van der Waals surface area (Å²) in [6.45, 7) is 4.06. The van der Waals surface area contributed by atoms with Crippen molar-refractivity contribution >= 4 is 29.9 Å². The number of aliphatic imine (C=N–C) groups is 1. The number of benzene rings is 1. The number of ether oxygens (including phenoxy) is 2. The Balaban J connectivity index is 0.00000392. The Morgan fingerprint density at radius 2 is 2.00 bits per heavy atom. The van der Waals surface area contributed by atoms with Crippen LogP contribution in [0.15, 0.2) is 27.6 Å². The highest BCUT2D eigenvalue weighted by Crippen LogP contribution is 2.29. The molecule has 0 saturated carbocycles. The lowest BCUT2D eigenvalue weighted by atomic mass is 10.2. The number of nitrogens with zero attached hydrogens (tertiary/aromatic N) is 2. The van der Waals surface area contributed by atoms with Crippen molar-refractivity contribution in [2.75, 3.05) is 13.7 Å². The quantitative estimate of drug-likeness (QED) is 0.320. The standard InChI is InChI=1S/C18H24F2N4O3.HI/c1-5-21-18(23-10-16-24-11(2)12(3)26-16)22-9-13-6-7-14(25-4)15(8-13)27-17(19)20;/h6-8,17H,5,9-10H2,1-4H3,(H2,21,22,23);1H. The van der Waals surface area contributed by atoms with Crippen LogP contribution in [0, 0.1) is 13.8 Å². The molecule has 0 aliphatic rings.